The number of nitrogens with one attached hydrogen (secondary N) is 7. The number of nitrogens with zero attached hydrogens (tertiary/aromatic N) is 1. The maximum atomic E-state index is 11.6. The molecule has 0 radical (unpaired) electrons. The Hall–Kier alpha value is -4.70. The molecule has 9 amide bonds. The minimum atomic E-state index is -4.11. The topological polar surface area (TPSA) is 321 Å². The highest BCUT2D eigenvalue weighted by molar-refractivity contribution is 7.85. The van der Waals surface area contributed by atoms with Crippen LogP contribution in [0.25, 0.3) is 0 Å². The number of hydrogen-bond acceptors (Lipinski definition) is 12. The number of quaternary nitrogens is 1. The Morgan fingerprint density at radius 3 is 1.03 bits per heavy atom. The number of imide groups is 1. The monoisotopic (exact) mass is 1250 g/mol. The van der Waals surface area contributed by atoms with Gasteiger partial charge in [0.15, 0.2) is 0 Å². The van der Waals surface area contributed by atoms with Gasteiger partial charge in [0, 0.05) is 112 Å². The lowest BCUT2D eigenvalue weighted by Crippen LogP contribution is -2.43. The fourth-order valence-corrected chi connectivity index (χ4v) is 6.03. The van der Waals surface area contributed by atoms with Crippen molar-refractivity contribution in [1.29, 1.82) is 0 Å². The lowest BCUT2D eigenvalue weighted by Gasteiger charge is -2.30. The van der Waals surface area contributed by atoms with Crippen LogP contribution in [0.15, 0.2) is 0 Å². The minimum absolute atomic E-state index is 0.0414. The first-order valence-corrected chi connectivity index (χ1v) is 33.7. The number of carbonyl (C=O) groups excluding carboxylic acids is 9. The number of rotatable bonds is 30. The van der Waals surface area contributed by atoms with Gasteiger partial charge >= 0.3 is 0 Å². The second-order valence-corrected chi connectivity index (χ2v) is 25.3. The molecule has 0 aliphatic rings. The summed E-state index contributed by atoms with van der Waals surface area (Å²) in [6, 6.07) is 0. The van der Waals surface area contributed by atoms with Gasteiger partial charge in [-0.2, -0.15) is 0 Å². The molecule has 21 nitrogen and oxygen atoms in total. The molecule has 0 saturated heterocycles. The van der Waals surface area contributed by atoms with Crippen LogP contribution in [0.3, 0.4) is 0 Å². The van der Waals surface area contributed by atoms with Crippen molar-refractivity contribution >= 4 is 63.3 Å². The van der Waals surface area contributed by atoms with Gasteiger partial charge in [0.05, 0.1) is 37.3 Å². The molecule has 0 aromatic heterocycles. The van der Waals surface area contributed by atoms with E-state index in [4.69, 9.17) is 5.73 Å². The Kier molecular flexibility index (Phi) is 68.7. The Bertz CT molecular complexity index is 1880. The van der Waals surface area contributed by atoms with Crippen molar-refractivity contribution in [3.8, 4) is 0 Å². The largest absolute Gasteiger partial charge is 0.748 e. The van der Waals surface area contributed by atoms with Gasteiger partial charge in [0.25, 0.3) is 0 Å². The number of hydrogen-bond donors (Lipinski definition) is 8. The molecular formula is C64H135N9O12S. The molecule has 514 valence electrons. The molecule has 0 rings (SSSR count). The van der Waals surface area contributed by atoms with Gasteiger partial charge in [-0.1, -0.05) is 131 Å². The molecule has 86 heavy (non-hydrogen) atoms. The molecule has 0 heterocycles. The number of primary amides is 1. The first-order valence-electron chi connectivity index (χ1n) is 32.1. The van der Waals surface area contributed by atoms with Crippen LogP contribution in [0.2, 0.25) is 0 Å². The Morgan fingerprint density at radius 1 is 0.453 bits per heavy atom. The average Bonchev–Trinajstić information content (AvgIpc) is 3.48. The van der Waals surface area contributed by atoms with Crippen molar-refractivity contribution < 1.29 is 60.6 Å². The van der Waals surface area contributed by atoms with Crippen molar-refractivity contribution in [3.63, 3.8) is 0 Å². The summed E-state index contributed by atoms with van der Waals surface area (Å²) in [4.78, 5) is 97.8. The van der Waals surface area contributed by atoms with E-state index in [9.17, 15) is 56.1 Å². The van der Waals surface area contributed by atoms with Crippen molar-refractivity contribution in [1.82, 2.24) is 37.2 Å². The number of amides is 9. The Morgan fingerprint density at radius 2 is 0.767 bits per heavy atom. The van der Waals surface area contributed by atoms with Crippen LogP contribution >= 0.6 is 0 Å². The van der Waals surface area contributed by atoms with Gasteiger partial charge in [-0.15, -0.1) is 0 Å². The quantitative estimate of drug-likeness (QED) is 0.0190. The van der Waals surface area contributed by atoms with Gasteiger partial charge in [0.2, 0.25) is 53.2 Å². The van der Waals surface area contributed by atoms with Crippen molar-refractivity contribution in [2.24, 2.45) is 53.1 Å². The summed E-state index contributed by atoms with van der Waals surface area (Å²) in [7, 11) is 1.54. The van der Waals surface area contributed by atoms with Gasteiger partial charge in [-0.3, -0.25) is 48.5 Å². The lowest BCUT2D eigenvalue weighted by molar-refractivity contribution is -0.890. The molecular weight excluding hydrogens is 1120 g/mol. The Balaban J connectivity index is -0.000000138. The molecule has 8 unspecified atom stereocenters. The average molecular weight is 1250 g/mol. The van der Waals surface area contributed by atoms with Crippen LogP contribution in [-0.4, -0.2) is 142 Å². The highest BCUT2D eigenvalue weighted by Crippen LogP contribution is 2.07. The summed E-state index contributed by atoms with van der Waals surface area (Å²) in [5, 5.41) is 19.1. The fraction of sp³-hybridized carbons (Fsp3) is 0.859. The molecule has 0 aromatic rings. The van der Waals surface area contributed by atoms with E-state index in [0.717, 1.165) is 103 Å². The zero-order valence-corrected chi connectivity index (χ0v) is 60.4. The summed E-state index contributed by atoms with van der Waals surface area (Å²) in [5.41, 5.74) is 4.81. The van der Waals surface area contributed by atoms with Crippen LogP contribution in [-0.2, 0) is 53.3 Å². The van der Waals surface area contributed by atoms with E-state index in [1.165, 1.54) is 6.92 Å². The summed E-state index contributed by atoms with van der Waals surface area (Å²) in [6.45, 7) is 49.0. The molecule has 0 fully saturated rings. The number of nitrogens with two attached hydrogens (primary N) is 1. The van der Waals surface area contributed by atoms with Gasteiger partial charge in [0.1, 0.15) is 0 Å². The van der Waals surface area contributed by atoms with Crippen molar-refractivity contribution in [3.05, 3.63) is 0 Å². The third-order valence-corrected chi connectivity index (χ3v) is 14.5. The molecule has 0 spiro atoms. The van der Waals surface area contributed by atoms with Gasteiger partial charge in [-0.25, -0.2) is 8.42 Å². The summed E-state index contributed by atoms with van der Waals surface area (Å²) in [6.07, 6.45) is 11.5. The summed E-state index contributed by atoms with van der Waals surface area (Å²) >= 11 is 0. The van der Waals surface area contributed by atoms with Crippen LogP contribution in [0, 0.1) is 47.3 Å². The molecule has 0 aliphatic heterocycles. The minimum Gasteiger partial charge on any atom is -0.748 e. The van der Waals surface area contributed by atoms with Gasteiger partial charge in [-0.05, 0) is 91.9 Å². The van der Waals surface area contributed by atoms with E-state index in [1.54, 1.807) is 14.0 Å². The maximum Gasteiger partial charge on any atom is 0.229 e. The maximum absolute atomic E-state index is 11.6. The summed E-state index contributed by atoms with van der Waals surface area (Å²) < 4.78 is 32.3. The van der Waals surface area contributed by atoms with E-state index in [1.807, 2.05) is 146 Å². The highest BCUT2D eigenvalue weighted by atomic mass is 32.2. The van der Waals surface area contributed by atoms with Crippen LogP contribution in [0.4, 0.5) is 0 Å². The number of carbonyl (C=O) groups is 9. The summed E-state index contributed by atoms with van der Waals surface area (Å²) in [5.74, 6) is 0.761. The van der Waals surface area contributed by atoms with Gasteiger partial charge < -0.3 is 46.7 Å². The predicted molar refractivity (Wildman–Crippen MR) is 354 cm³/mol. The van der Waals surface area contributed by atoms with E-state index in [2.05, 4.69) is 51.1 Å². The van der Waals surface area contributed by atoms with Crippen molar-refractivity contribution in [2.45, 2.75) is 248 Å². The second-order valence-electron chi connectivity index (χ2n) is 23.7. The molecule has 0 aliphatic carbocycles. The third-order valence-electron chi connectivity index (χ3n) is 13.7. The van der Waals surface area contributed by atoms with E-state index in [0.29, 0.717) is 24.0 Å². The molecule has 22 heteroatoms. The molecule has 8 atom stereocenters. The van der Waals surface area contributed by atoms with Crippen LogP contribution < -0.4 is 43.0 Å². The SMILES string of the molecule is CCC(C)C(=O)NC.CCC(C)C(=O)NC(C)(C)C.CCC(C)C(=O)NC(C)=O.CCC(C)C(=O)NCCC[N+](C)(C)CCCS(=O)(=O)[O-].CCC(C)C(N)=O.CCCCNC(=O)C(C)CC.CCCNC(=O)C(C)CC.CCNC(=O)C(C)CC. The third kappa shape index (κ3) is 71.8. The smallest absolute Gasteiger partial charge is 0.229 e. The first kappa shape index (κ1) is 97.6. The van der Waals surface area contributed by atoms with Crippen LogP contribution in [0.5, 0.6) is 0 Å². The second kappa shape index (κ2) is 60.6. The van der Waals surface area contributed by atoms with E-state index in [-0.39, 0.29) is 112 Å². The zero-order chi connectivity index (χ0) is 69.4. The number of unbranched alkanes of at least 4 members (excludes halogenated alkanes) is 1. The normalized spacial score (nSPS) is 13.2. The lowest BCUT2D eigenvalue weighted by atomic mass is 10.0. The molecule has 0 saturated carbocycles. The van der Waals surface area contributed by atoms with E-state index >= 15 is 0 Å². The van der Waals surface area contributed by atoms with Crippen molar-refractivity contribution in [2.75, 3.05) is 66.2 Å². The Labute approximate surface area is 526 Å². The van der Waals surface area contributed by atoms with Crippen LogP contribution in [0.1, 0.15) is 243 Å². The van der Waals surface area contributed by atoms with E-state index < -0.39 is 10.1 Å². The molecule has 0 bridgehead atoms. The predicted octanol–water partition coefficient (Wildman–Crippen LogP) is 9.17. The molecule has 0 aromatic carbocycles. The first-order chi connectivity index (χ1) is 39.6. The zero-order valence-electron chi connectivity index (χ0n) is 59.6. The fourth-order valence-electron chi connectivity index (χ4n) is 5.54. The molecule has 9 N–H and O–H groups in total. The highest BCUT2D eigenvalue weighted by Gasteiger charge is 2.19. The standard InChI is InChI=1S/C13H28N2O4S.2C9H19NO.C8H17NO.C7H13NO2.C7H15NO.C6H13NO.C5H11NO/c1-5-12(2)13(16)14-8-6-9-15(3,4)10-7-11-20(17,18)19;1-6-7(2)8(11)10-9(3,4)5;1-4-6-7-10-9(11)8(3)5-2;1-4-6-9-8(10)7(3)5-2;1-4-5(2)7(10)8-6(3)9;1-4-6(3)7(9)8-5-2;1-4-5(2)6(8)7-3;1-3-4(2)5(6)7/h12H,5-11H2,1-4H3,(H-,14,16,17,18,19);7H,6H2,1-5H3,(H,10,11);8H,4-7H2,1-3H3,(H,10,11);7H,4-6H2,1-3H3,(H,9,10);5H,4H2,1-3H3,(H,8,9,10);6H,4-5H2,1-3H3,(H,8,9);5H,4H2,1-3H3,(H,7,8);4H,3H2,1-2H3,(H2,6,7).